The minimum atomic E-state index is 0.511. The van der Waals surface area contributed by atoms with Crippen molar-refractivity contribution >= 4 is 0 Å². The van der Waals surface area contributed by atoms with Gasteiger partial charge in [0.2, 0.25) is 0 Å². The van der Waals surface area contributed by atoms with Crippen molar-refractivity contribution in [3.8, 4) is 5.75 Å². The van der Waals surface area contributed by atoms with Crippen LogP contribution >= 0.6 is 0 Å². The lowest BCUT2D eigenvalue weighted by molar-refractivity contribution is 0.301. The summed E-state index contributed by atoms with van der Waals surface area (Å²) >= 11 is 0. The molecule has 0 spiro atoms. The van der Waals surface area contributed by atoms with Gasteiger partial charge in [-0.25, -0.2) is 0 Å². The zero-order valence-corrected chi connectivity index (χ0v) is 12.5. The van der Waals surface area contributed by atoms with Crippen LogP contribution < -0.4 is 10.1 Å². The number of hydrogen-bond donors (Lipinski definition) is 1. The number of furan rings is 1. The highest BCUT2D eigenvalue weighted by atomic mass is 16.5. The van der Waals surface area contributed by atoms with Crippen molar-refractivity contribution in [2.75, 3.05) is 6.54 Å². The summed E-state index contributed by atoms with van der Waals surface area (Å²) in [5.74, 6) is 2.37. The molecule has 0 saturated carbocycles. The molecule has 0 aliphatic heterocycles. The lowest BCUT2D eigenvalue weighted by atomic mass is 10.0. The van der Waals surface area contributed by atoms with E-state index in [4.69, 9.17) is 9.15 Å². The summed E-state index contributed by atoms with van der Waals surface area (Å²) < 4.78 is 11.3. The Morgan fingerprint density at radius 3 is 2.85 bits per heavy atom. The van der Waals surface area contributed by atoms with Crippen LogP contribution in [0.2, 0.25) is 0 Å². The summed E-state index contributed by atoms with van der Waals surface area (Å²) in [4.78, 5) is 0. The van der Waals surface area contributed by atoms with Gasteiger partial charge in [0.1, 0.15) is 18.1 Å². The molecule has 3 heteroatoms. The van der Waals surface area contributed by atoms with Crippen molar-refractivity contribution in [1.82, 2.24) is 5.32 Å². The van der Waals surface area contributed by atoms with E-state index < -0.39 is 0 Å². The average molecular weight is 273 g/mol. The van der Waals surface area contributed by atoms with Crippen molar-refractivity contribution in [2.24, 2.45) is 0 Å². The summed E-state index contributed by atoms with van der Waals surface area (Å²) in [6, 6.07) is 10.2. The number of nitrogens with one attached hydrogen (secondary N) is 1. The Kier molecular flexibility index (Phi) is 5.24. The predicted molar refractivity (Wildman–Crippen MR) is 81.0 cm³/mol. The number of ether oxygens (including phenoxy) is 1. The SMILES string of the molecule is CCNCc1occc1COc1cccc(C(C)C)c1. The van der Waals surface area contributed by atoms with Crippen LogP contribution in [0.1, 0.15) is 43.6 Å². The molecule has 1 aromatic carbocycles. The van der Waals surface area contributed by atoms with Gasteiger partial charge in [-0.2, -0.15) is 0 Å². The van der Waals surface area contributed by atoms with Gasteiger partial charge in [-0.1, -0.05) is 32.9 Å². The van der Waals surface area contributed by atoms with Crippen LogP contribution in [-0.2, 0) is 13.2 Å². The van der Waals surface area contributed by atoms with Gasteiger partial charge in [-0.15, -0.1) is 0 Å². The molecule has 1 N–H and O–H groups in total. The van der Waals surface area contributed by atoms with E-state index in [1.165, 1.54) is 5.56 Å². The summed E-state index contributed by atoms with van der Waals surface area (Å²) in [7, 11) is 0. The predicted octanol–water partition coefficient (Wildman–Crippen LogP) is 4.09. The normalized spacial score (nSPS) is 11.0. The van der Waals surface area contributed by atoms with Gasteiger partial charge < -0.3 is 14.5 Å². The largest absolute Gasteiger partial charge is 0.489 e. The Morgan fingerprint density at radius 2 is 2.10 bits per heavy atom. The minimum Gasteiger partial charge on any atom is -0.489 e. The van der Waals surface area contributed by atoms with Crippen LogP contribution in [0.3, 0.4) is 0 Å². The molecule has 0 saturated heterocycles. The summed E-state index contributed by atoms with van der Waals surface area (Å²) in [5, 5.41) is 3.26. The first-order chi connectivity index (χ1) is 9.70. The molecule has 108 valence electrons. The quantitative estimate of drug-likeness (QED) is 0.825. The molecule has 20 heavy (non-hydrogen) atoms. The highest BCUT2D eigenvalue weighted by Crippen LogP contribution is 2.21. The monoisotopic (exact) mass is 273 g/mol. The molecule has 0 bridgehead atoms. The second-order valence-corrected chi connectivity index (χ2v) is 5.17. The fourth-order valence-electron chi connectivity index (χ4n) is 2.01. The summed E-state index contributed by atoms with van der Waals surface area (Å²) in [6.45, 7) is 8.66. The van der Waals surface area contributed by atoms with Crippen molar-refractivity contribution < 1.29 is 9.15 Å². The topological polar surface area (TPSA) is 34.4 Å². The van der Waals surface area contributed by atoms with Crippen molar-refractivity contribution in [2.45, 2.75) is 39.8 Å². The van der Waals surface area contributed by atoms with Crippen molar-refractivity contribution in [3.05, 3.63) is 53.5 Å². The molecule has 0 aliphatic rings. The molecule has 0 atom stereocenters. The van der Waals surface area contributed by atoms with E-state index in [9.17, 15) is 0 Å². The van der Waals surface area contributed by atoms with Crippen molar-refractivity contribution in [1.29, 1.82) is 0 Å². The third kappa shape index (κ3) is 3.87. The molecule has 1 aromatic heterocycles. The van der Waals surface area contributed by atoms with E-state index in [1.54, 1.807) is 6.26 Å². The number of benzene rings is 1. The minimum absolute atomic E-state index is 0.511. The van der Waals surface area contributed by atoms with Crippen LogP contribution in [0.4, 0.5) is 0 Å². The molecule has 2 rings (SSSR count). The van der Waals surface area contributed by atoms with Crippen LogP contribution in [0, 0.1) is 0 Å². The van der Waals surface area contributed by atoms with Gasteiger partial charge >= 0.3 is 0 Å². The summed E-state index contributed by atoms with van der Waals surface area (Å²) in [5.41, 5.74) is 2.39. The first kappa shape index (κ1) is 14.7. The molecule has 2 aromatic rings. The molecule has 3 nitrogen and oxygen atoms in total. The van der Waals surface area contributed by atoms with E-state index in [1.807, 2.05) is 18.2 Å². The molecule has 0 radical (unpaired) electrons. The Bertz CT molecular complexity index is 531. The number of rotatable bonds is 7. The van der Waals surface area contributed by atoms with E-state index in [2.05, 4.69) is 38.2 Å². The highest BCUT2D eigenvalue weighted by molar-refractivity contribution is 5.30. The maximum atomic E-state index is 5.87. The van der Waals surface area contributed by atoms with Gasteiger partial charge in [-0.05, 0) is 36.2 Å². The first-order valence-electron chi connectivity index (χ1n) is 7.19. The maximum absolute atomic E-state index is 5.87. The second kappa shape index (κ2) is 7.15. The molecule has 0 unspecified atom stereocenters. The third-order valence-corrected chi connectivity index (χ3v) is 3.29. The lowest BCUT2D eigenvalue weighted by Gasteiger charge is -2.10. The van der Waals surface area contributed by atoms with Gasteiger partial charge in [0, 0.05) is 5.56 Å². The number of hydrogen-bond acceptors (Lipinski definition) is 3. The van der Waals surface area contributed by atoms with Crippen LogP contribution in [-0.4, -0.2) is 6.54 Å². The lowest BCUT2D eigenvalue weighted by Crippen LogP contribution is -2.12. The van der Waals surface area contributed by atoms with Crippen LogP contribution in [0.15, 0.2) is 41.0 Å². The summed E-state index contributed by atoms with van der Waals surface area (Å²) in [6.07, 6.45) is 1.72. The van der Waals surface area contributed by atoms with E-state index in [0.29, 0.717) is 12.5 Å². The molecule has 0 fully saturated rings. The van der Waals surface area contributed by atoms with E-state index >= 15 is 0 Å². The Hall–Kier alpha value is -1.74. The van der Waals surface area contributed by atoms with Gasteiger partial charge in [0.05, 0.1) is 12.8 Å². The molecular formula is C17H23NO2. The van der Waals surface area contributed by atoms with Gasteiger partial charge in [0.15, 0.2) is 0 Å². The third-order valence-electron chi connectivity index (χ3n) is 3.29. The fourth-order valence-corrected chi connectivity index (χ4v) is 2.01. The van der Waals surface area contributed by atoms with E-state index in [-0.39, 0.29) is 0 Å². The first-order valence-corrected chi connectivity index (χ1v) is 7.19. The zero-order chi connectivity index (χ0) is 14.4. The zero-order valence-electron chi connectivity index (χ0n) is 12.5. The molecule has 0 amide bonds. The Balaban J connectivity index is 1.98. The maximum Gasteiger partial charge on any atom is 0.124 e. The smallest absolute Gasteiger partial charge is 0.124 e. The van der Waals surface area contributed by atoms with Gasteiger partial charge in [0.25, 0.3) is 0 Å². The molecule has 1 heterocycles. The van der Waals surface area contributed by atoms with Crippen molar-refractivity contribution in [3.63, 3.8) is 0 Å². The fraction of sp³-hybridized carbons (Fsp3) is 0.412. The average Bonchev–Trinajstić information content (AvgIpc) is 2.90. The molecular weight excluding hydrogens is 250 g/mol. The van der Waals surface area contributed by atoms with Crippen LogP contribution in [0.25, 0.3) is 0 Å². The Morgan fingerprint density at radius 1 is 1.25 bits per heavy atom. The Labute approximate surface area is 121 Å². The molecule has 0 aliphatic carbocycles. The van der Waals surface area contributed by atoms with Gasteiger partial charge in [-0.3, -0.25) is 0 Å². The standard InChI is InChI=1S/C17H23NO2/c1-4-18-11-17-15(8-9-19-17)12-20-16-7-5-6-14(10-16)13(2)3/h5-10,13,18H,4,11-12H2,1-3H3. The van der Waals surface area contributed by atoms with E-state index in [0.717, 1.165) is 30.2 Å². The second-order valence-electron chi connectivity index (χ2n) is 5.17. The van der Waals surface area contributed by atoms with Crippen LogP contribution in [0.5, 0.6) is 5.75 Å². The highest BCUT2D eigenvalue weighted by Gasteiger charge is 2.07.